The van der Waals surface area contributed by atoms with Gasteiger partial charge in [0.2, 0.25) is 5.91 Å². The number of rotatable bonds is 7. The first-order chi connectivity index (χ1) is 17.5. The molecule has 0 radical (unpaired) electrons. The molecule has 190 valence electrons. The van der Waals surface area contributed by atoms with Gasteiger partial charge in [-0.1, -0.05) is 6.42 Å². The molecular formula is C27H33N5O4. The van der Waals surface area contributed by atoms with Gasteiger partial charge in [0.15, 0.2) is 0 Å². The fraction of sp³-hybridized carbons (Fsp3) is 0.444. The number of methoxy groups -OCH3 is 2. The summed E-state index contributed by atoms with van der Waals surface area (Å²) in [6, 6.07) is 11.6. The molecule has 2 aliphatic rings. The van der Waals surface area contributed by atoms with Crippen LogP contribution in [-0.2, 0) is 16.6 Å². The van der Waals surface area contributed by atoms with E-state index in [9.17, 15) is 9.59 Å². The SMILES string of the molecule is COCC(=O)Nc1cc(C(=O)N2CCN(c3ccc(OC)cc3)CC2)c2c(c1)nc(C1CCC1)n2C. The predicted molar refractivity (Wildman–Crippen MR) is 139 cm³/mol. The highest BCUT2D eigenvalue weighted by Crippen LogP contribution is 2.38. The van der Waals surface area contributed by atoms with Crippen molar-refractivity contribution in [1.82, 2.24) is 14.5 Å². The molecule has 1 aromatic heterocycles. The number of imidazole rings is 1. The van der Waals surface area contributed by atoms with Crippen LogP contribution in [0.2, 0.25) is 0 Å². The lowest BCUT2D eigenvalue weighted by Gasteiger charge is -2.36. The van der Waals surface area contributed by atoms with Gasteiger partial charge in [-0.3, -0.25) is 9.59 Å². The van der Waals surface area contributed by atoms with E-state index in [4.69, 9.17) is 14.5 Å². The minimum Gasteiger partial charge on any atom is -0.497 e. The van der Waals surface area contributed by atoms with Crippen LogP contribution in [0.1, 0.15) is 41.4 Å². The average molecular weight is 492 g/mol. The predicted octanol–water partition coefficient (Wildman–Crippen LogP) is 3.40. The summed E-state index contributed by atoms with van der Waals surface area (Å²) in [6.07, 6.45) is 3.44. The van der Waals surface area contributed by atoms with Crippen molar-refractivity contribution in [2.75, 3.05) is 57.2 Å². The molecule has 1 N–H and O–H groups in total. The molecule has 1 aliphatic heterocycles. The summed E-state index contributed by atoms with van der Waals surface area (Å²) in [5.41, 5.74) is 3.80. The van der Waals surface area contributed by atoms with E-state index < -0.39 is 0 Å². The van der Waals surface area contributed by atoms with Crippen molar-refractivity contribution in [3.63, 3.8) is 0 Å². The van der Waals surface area contributed by atoms with E-state index in [1.807, 2.05) is 42.3 Å². The van der Waals surface area contributed by atoms with E-state index in [1.165, 1.54) is 13.5 Å². The standard InChI is InChI=1S/C27H33N5O4/c1-30-25-22(27(34)32-13-11-31(12-14-32)20-7-9-21(36-3)10-8-20)15-19(28-24(33)17-35-2)16-23(25)29-26(30)18-5-4-6-18/h7-10,15-16,18H,4-6,11-14,17H2,1-3H3,(H,28,33). The lowest BCUT2D eigenvalue weighted by molar-refractivity contribution is -0.119. The molecule has 0 atom stereocenters. The molecule has 2 heterocycles. The fourth-order valence-electron chi connectivity index (χ4n) is 5.10. The molecule has 2 fully saturated rings. The topological polar surface area (TPSA) is 88.9 Å². The molecule has 0 unspecified atom stereocenters. The molecule has 1 saturated carbocycles. The van der Waals surface area contributed by atoms with Crippen molar-refractivity contribution in [3.05, 3.63) is 47.8 Å². The van der Waals surface area contributed by atoms with Crippen molar-refractivity contribution in [2.45, 2.75) is 25.2 Å². The second kappa shape index (κ2) is 10.2. The number of anilines is 2. The molecule has 2 aromatic carbocycles. The lowest BCUT2D eigenvalue weighted by Crippen LogP contribution is -2.48. The van der Waals surface area contributed by atoms with Crippen molar-refractivity contribution in [3.8, 4) is 5.75 Å². The van der Waals surface area contributed by atoms with Crippen LogP contribution in [0.3, 0.4) is 0 Å². The monoisotopic (exact) mass is 491 g/mol. The maximum atomic E-state index is 13.8. The van der Waals surface area contributed by atoms with Crippen LogP contribution in [0, 0.1) is 0 Å². The number of ether oxygens (including phenoxy) is 2. The molecule has 1 aliphatic carbocycles. The number of carbonyl (C=O) groups excluding carboxylic acids is 2. The lowest BCUT2D eigenvalue weighted by atomic mass is 9.85. The first-order valence-corrected chi connectivity index (χ1v) is 12.5. The highest BCUT2D eigenvalue weighted by molar-refractivity contribution is 6.08. The van der Waals surface area contributed by atoms with Gasteiger partial charge in [0, 0.05) is 57.6 Å². The number of hydrogen-bond acceptors (Lipinski definition) is 6. The summed E-state index contributed by atoms with van der Waals surface area (Å²) in [4.78, 5) is 35.1. The van der Waals surface area contributed by atoms with E-state index in [-0.39, 0.29) is 18.4 Å². The Morgan fingerprint density at radius 3 is 2.39 bits per heavy atom. The van der Waals surface area contributed by atoms with Gasteiger partial charge in [-0.2, -0.15) is 0 Å². The molecule has 1 saturated heterocycles. The van der Waals surface area contributed by atoms with Crippen LogP contribution in [-0.4, -0.2) is 73.3 Å². The Labute approximate surface area is 211 Å². The van der Waals surface area contributed by atoms with E-state index in [0.29, 0.717) is 30.3 Å². The molecule has 5 rings (SSSR count). The Morgan fingerprint density at radius 2 is 1.78 bits per heavy atom. The number of piperazine rings is 1. The third-order valence-electron chi connectivity index (χ3n) is 7.27. The highest BCUT2D eigenvalue weighted by Gasteiger charge is 2.29. The van der Waals surface area contributed by atoms with E-state index in [2.05, 4.69) is 14.8 Å². The zero-order valence-corrected chi connectivity index (χ0v) is 21.1. The number of benzene rings is 2. The fourth-order valence-corrected chi connectivity index (χ4v) is 5.10. The Kier molecular flexibility index (Phi) is 6.82. The van der Waals surface area contributed by atoms with Crippen molar-refractivity contribution >= 4 is 34.2 Å². The normalized spacial score (nSPS) is 16.2. The largest absolute Gasteiger partial charge is 0.497 e. The summed E-state index contributed by atoms with van der Waals surface area (Å²) in [7, 11) is 5.13. The first-order valence-electron chi connectivity index (χ1n) is 12.5. The van der Waals surface area contributed by atoms with Crippen LogP contribution >= 0.6 is 0 Å². The summed E-state index contributed by atoms with van der Waals surface area (Å²) < 4.78 is 12.3. The van der Waals surface area contributed by atoms with Gasteiger partial charge >= 0.3 is 0 Å². The zero-order valence-electron chi connectivity index (χ0n) is 21.1. The third kappa shape index (κ3) is 4.63. The molecular weight excluding hydrogens is 458 g/mol. The Morgan fingerprint density at radius 1 is 1.06 bits per heavy atom. The van der Waals surface area contributed by atoms with E-state index in [0.717, 1.165) is 54.2 Å². The highest BCUT2D eigenvalue weighted by atomic mass is 16.5. The van der Waals surface area contributed by atoms with Gasteiger partial charge in [-0.25, -0.2) is 4.98 Å². The first kappa shape index (κ1) is 24.1. The van der Waals surface area contributed by atoms with Crippen LogP contribution in [0.5, 0.6) is 5.75 Å². The zero-order chi connectivity index (χ0) is 25.2. The van der Waals surface area contributed by atoms with Gasteiger partial charge in [0.25, 0.3) is 5.91 Å². The Balaban J connectivity index is 1.41. The summed E-state index contributed by atoms with van der Waals surface area (Å²) in [5, 5.41) is 2.85. The molecule has 3 aromatic rings. The molecule has 36 heavy (non-hydrogen) atoms. The number of amides is 2. The minimum absolute atomic E-state index is 0.0413. The molecule has 9 nitrogen and oxygen atoms in total. The van der Waals surface area contributed by atoms with Crippen LogP contribution in [0.4, 0.5) is 11.4 Å². The Hall–Kier alpha value is -3.59. The van der Waals surface area contributed by atoms with Crippen molar-refractivity contribution in [2.24, 2.45) is 7.05 Å². The van der Waals surface area contributed by atoms with Crippen LogP contribution < -0.4 is 15.0 Å². The van der Waals surface area contributed by atoms with Crippen molar-refractivity contribution in [1.29, 1.82) is 0 Å². The second-order valence-electron chi connectivity index (χ2n) is 9.51. The minimum atomic E-state index is -0.265. The second-order valence-corrected chi connectivity index (χ2v) is 9.51. The third-order valence-corrected chi connectivity index (χ3v) is 7.27. The smallest absolute Gasteiger partial charge is 0.256 e. The molecule has 2 amide bonds. The summed E-state index contributed by atoms with van der Waals surface area (Å²) in [6.45, 7) is 2.65. The number of fused-ring (bicyclic) bond motifs is 1. The van der Waals surface area contributed by atoms with E-state index in [1.54, 1.807) is 13.2 Å². The van der Waals surface area contributed by atoms with Gasteiger partial charge in [0.05, 0.1) is 23.7 Å². The number of carbonyl (C=O) groups is 2. The maximum absolute atomic E-state index is 13.8. The molecule has 0 bridgehead atoms. The maximum Gasteiger partial charge on any atom is 0.256 e. The average Bonchev–Trinajstić information content (AvgIpc) is 3.18. The Bertz CT molecular complexity index is 1260. The quantitative estimate of drug-likeness (QED) is 0.545. The van der Waals surface area contributed by atoms with Crippen molar-refractivity contribution < 1.29 is 19.1 Å². The number of nitrogens with zero attached hydrogens (tertiary/aromatic N) is 4. The van der Waals surface area contributed by atoms with Gasteiger partial charge < -0.3 is 29.2 Å². The molecule has 9 heteroatoms. The number of hydrogen-bond donors (Lipinski definition) is 1. The number of aromatic nitrogens is 2. The summed E-state index contributed by atoms with van der Waals surface area (Å²) in [5.74, 6) is 1.95. The van der Waals surface area contributed by atoms with Gasteiger partial charge in [0.1, 0.15) is 18.2 Å². The van der Waals surface area contributed by atoms with E-state index >= 15 is 0 Å². The van der Waals surface area contributed by atoms with Crippen LogP contribution in [0.15, 0.2) is 36.4 Å². The van der Waals surface area contributed by atoms with Gasteiger partial charge in [-0.05, 0) is 49.2 Å². The van der Waals surface area contributed by atoms with Gasteiger partial charge in [-0.15, -0.1) is 0 Å². The molecule has 0 spiro atoms. The number of aryl methyl sites for hydroxylation is 1. The summed E-state index contributed by atoms with van der Waals surface area (Å²) >= 11 is 0. The number of nitrogens with one attached hydrogen (secondary N) is 1. The van der Waals surface area contributed by atoms with Crippen LogP contribution in [0.25, 0.3) is 11.0 Å².